The second kappa shape index (κ2) is 8.00. The molecule has 1 aromatic rings. The maximum atomic E-state index is 9.26. The van der Waals surface area contributed by atoms with Crippen molar-refractivity contribution in [2.45, 2.75) is 39.7 Å². The van der Waals surface area contributed by atoms with Crippen LogP contribution in [0.25, 0.3) is 0 Å². The lowest BCUT2D eigenvalue weighted by molar-refractivity contribution is 0.0992. The Morgan fingerprint density at radius 3 is 2.67 bits per heavy atom. The maximum absolute atomic E-state index is 9.26. The number of ether oxygens (including phenoxy) is 2. The summed E-state index contributed by atoms with van der Waals surface area (Å²) in [6.45, 7) is 7.64. The molecule has 1 heterocycles. The van der Waals surface area contributed by atoms with E-state index in [1.807, 2.05) is 13.8 Å². The summed E-state index contributed by atoms with van der Waals surface area (Å²) in [6, 6.07) is 0. The van der Waals surface area contributed by atoms with Gasteiger partial charge >= 0.3 is 0 Å². The third-order valence-corrected chi connectivity index (χ3v) is 2.35. The van der Waals surface area contributed by atoms with E-state index in [1.54, 1.807) is 6.20 Å². The van der Waals surface area contributed by atoms with E-state index in [9.17, 15) is 5.11 Å². The van der Waals surface area contributed by atoms with Crippen LogP contribution in [-0.2, 0) is 11.3 Å². The van der Waals surface area contributed by atoms with Crippen LogP contribution in [-0.4, -0.2) is 34.9 Å². The molecule has 0 aliphatic rings. The van der Waals surface area contributed by atoms with Crippen LogP contribution in [0.2, 0.25) is 0 Å². The van der Waals surface area contributed by atoms with Crippen LogP contribution in [0.5, 0.6) is 5.75 Å². The Hall–Kier alpha value is -1.20. The number of rotatable bonds is 8. The highest BCUT2D eigenvalue weighted by Crippen LogP contribution is 2.18. The highest BCUT2D eigenvalue weighted by molar-refractivity contribution is 5.24. The van der Waals surface area contributed by atoms with Gasteiger partial charge in [0.1, 0.15) is 18.1 Å². The SMILES string of the molecule is CCCOCCOc1cnc(C(C)C)nc1CO. The number of nitrogens with zero attached hydrogens (tertiary/aromatic N) is 2. The third-order valence-electron chi connectivity index (χ3n) is 2.35. The highest BCUT2D eigenvalue weighted by atomic mass is 16.5. The van der Waals surface area contributed by atoms with Crippen molar-refractivity contribution in [3.05, 3.63) is 17.7 Å². The lowest BCUT2D eigenvalue weighted by Crippen LogP contribution is -2.10. The van der Waals surface area contributed by atoms with Crippen molar-refractivity contribution in [3.8, 4) is 5.75 Å². The fourth-order valence-electron chi connectivity index (χ4n) is 1.39. The smallest absolute Gasteiger partial charge is 0.161 e. The Balaban J connectivity index is 2.54. The number of hydrogen-bond donors (Lipinski definition) is 1. The van der Waals surface area contributed by atoms with Crippen molar-refractivity contribution < 1.29 is 14.6 Å². The van der Waals surface area contributed by atoms with Crippen LogP contribution in [0.4, 0.5) is 0 Å². The lowest BCUT2D eigenvalue weighted by atomic mass is 10.2. The van der Waals surface area contributed by atoms with Gasteiger partial charge in [-0.1, -0.05) is 20.8 Å². The summed E-state index contributed by atoms with van der Waals surface area (Å²) in [5.74, 6) is 1.48. The van der Waals surface area contributed by atoms with Crippen LogP contribution >= 0.6 is 0 Å². The van der Waals surface area contributed by atoms with Crippen molar-refractivity contribution in [2.75, 3.05) is 19.8 Å². The standard InChI is InChI=1S/C13H22N2O3/c1-4-5-17-6-7-18-12-8-14-13(10(2)3)15-11(12)9-16/h8,10,16H,4-7,9H2,1-3H3. The Labute approximate surface area is 108 Å². The van der Waals surface area contributed by atoms with Gasteiger partial charge in [0.2, 0.25) is 0 Å². The zero-order chi connectivity index (χ0) is 13.4. The molecular weight excluding hydrogens is 232 g/mol. The van der Waals surface area contributed by atoms with E-state index in [0.29, 0.717) is 30.5 Å². The molecule has 0 fully saturated rings. The highest BCUT2D eigenvalue weighted by Gasteiger charge is 2.09. The van der Waals surface area contributed by atoms with Crippen molar-refractivity contribution in [1.82, 2.24) is 9.97 Å². The normalized spacial score (nSPS) is 10.9. The molecular formula is C13H22N2O3. The summed E-state index contributed by atoms with van der Waals surface area (Å²) < 4.78 is 10.8. The Bertz CT molecular complexity index is 356. The molecule has 0 aliphatic heterocycles. The lowest BCUT2D eigenvalue weighted by Gasteiger charge is -2.11. The molecule has 0 atom stereocenters. The fourth-order valence-corrected chi connectivity index (χ4v) is 1.39. The van der Waals surface area contributed by atoms with E-state index in [4.69, 9.17) is 9.47 Å². The van der Waals surface area contributed by atoms with Gasteiger partial charge in [-0.15, -0.1) is 0 Å². The van der Waals surface area contributed by atoms with Crippen molar-refractivity contribution >= 4 is 0 Å². The summed E-state index contributed by atoms with van der Waals surface area (Å²) in [5.41, 5.74) is 0.532. The molecule has 0 aromatic carbocycles. The Kier molecular flexibility index (Phi) is 6.60. The van der Waals surface area contributed by atoms with Gasteiger partial charge < -0.3 is 14.6 Å². The number of hydrogen-bond acceptors (Lipinski definition) is 5. The van der Waals surface area contributed by atoms with E-state index in [-0.39, 0.29) is 12.5 Å². The first kappa shape index (κ1) is 14.9. The second-order valence-corrected chi connectivity index (χ2v) is 4.31. The molecule has 5 heteroatoms. The quantitative estimate of drug-likeness (QED) is 0.718. The zero-order valence-corrected chi connectivity index (χ0v) is 11.3. The van der Waals surface area contributed by atoms with Gasteiger partial charge in [0.15, 0.2) is 5.75 Å². The first-order valence-corrected chi connectivity index (χ1v) is 6.36. The molecule has 0 saturated heterocycles. The summed E-state index contributed by atoms with van der Waals surface area (Å²) in [6.07, 6.45) is 2.61. The minimum Gasteiger partial charge on any atom is -0.488 e. The monoisotopic (exact) mass is 254 g/mol. The molecule has 0 aliphatic carbocycles. The second-order valence-electron chi connectivity index (χ2n) is 4.31. The van der Waals surface area contributed by atoms with Gasteiger partial charge in [-0.3, -0.25) is 0 Å². The Morgan fingerprint density at radius 1 is 1.28 bits per heavy atom. The van der Waals surface area contributed by atoms with Gasteiger partial charge in [-0.2, -0.15) is 0 Å². The van der Waals surface area contributed by atoms with Crippen LogP contribution in [0, 0.1) is 0 Å². The molecule has 1 N–H and O–H groups in total. The zero-order valence-electron chi connectivity index (χ0n) is 11.3. The van der Waals surface area contributed by atoms with Gasteiger partial charge in [0.25, 0.3) is 0 Å². The van der Waals surface area contributed by atoms with E-state index >= 15 is 0 Å². The Morgan fingerprint density at radius 2 is 2.06 bits per heavy atom. The molecule has 0 amide bonds. The summed E-state index contributed by atoms with van der Waals surface area (Å²) in [7, 11) is 0. The van der Waals surface area contributed by atoms with Crippen molar-refractivity contribution in [3.63, 3.8) is 0 Å². The molecule has 0 saturated carbocycles. The minimum absolute atomic E-state index is 0.145. The van der Waals surface area contributed by atoms with Gasteiger partial charge in [0, 0.05) is 12.5 Å². The number of aliphatic hydroxyl groups is 1. The molecule has 102 valence electrons. The van der Waals surface area contributed by atoms with Crippen LogP contribution in [0.3, 0.4) is 0 Å². The minimum atomic E-state index is -0.145. The molecule has 0 radical (unpaired) electrons. The fraction of sp³-hybridized carbons (Fsp3) is 0.692. The predicted octanol–water partition coefficient (Wildman–Crippen LogP) is 1.90. The number of aliphatic hydroxyl groups excluding tert-OH is 1. The molecule has 0 unspecified atom stereocenters. The molecule has 18 heavy (non-hydrogen) atoms. The first-order valence-electron chi connectivity index (χ1n) is 6.36. The molecule has 1 rings (SSSR count). The summed E-state index contributed by atoms with van der Waals surface area (Å²) in [5, 5.41) is 9.26. The average Bonchev–Trinajstić information content (AvgIpc) is 2.38. The van der Waals surface area contributed by atoms with E-state index in [0.717, 1.165) is 13.0 Å². The molecule has 0 spiro atoms. The topological polar surface area (TPSA) is 64.5 Å². The third kappa shape index (κ3) is 4.58. The van der Waals surface area contributed by atoms with Gasteiger partial charge in [0.05, 0.1) is 19.4 Å². The van der Waals surface area contributed by atoms with Crippen LogP contribution < -0.4 is 4.74 Å². The average molecular weight is 254 g/mol. The molecule has 0 bridgehead atoms. The number of aromatic nitrogens is 2. The van der Waals surface area contributed by atoms with E-state index in [2.05, 4.69) is 16.9 Å². The van der Waals surface area contributed by atoms with Crippen molar-refractivity contribution in [2.24, 2.45) is 0 Å². The van der Waals surface area contributed by atoms with Crippen LogP contribution in [0.15, 0.2) is 6.20 Å². The largest absolute Gasteiger partial charge is 0.488 e. The first-order chi connectivity index (χ1) is 8.69. The van der Waals surface area contributed by atoms with Crippen LogP contribution in [0.1, 0.15) is 44.6 Å². The van der Waals surface area contributed by atoms with Gasteiger partial charge in [-0.25, -0.2) is 9.97 Å². The van der Waals surface area contributed by atoms with E-state index < -0.39 is 0 Å². The maximum Gasteiger partial charge on any atom is 0.161 e. The summed E-state index contributed by atoms with van der Waals surface area (Å²) >= 11 is 0. The summed E-state index contributed by atoms with van der Waals surface area (Å²) in [4.78, 5) is 8.49. The van der Waals surface area contributed by atoms with E-state index in [1.165, 1.54) is 0 Å². The molecule has 5 nitrogen and oxygen atoms in total. The molecule has 1 aromatic heterocycles. The predicted molar refractivity (Wildman–Crippen MR) is 68.6 cm³/mol. The van der Waals surface area contributed by atoms with Gasteiger partial charge in [-0.05, 0) is 6.42 Å². The van der Waals surface area contributed by atoms with Crippen molar-refractivity contribution in [1.29, 1.82) is 0 Å².